The number of fused-ring (bicyclic) bond motifs is 1. The highest BCUT2D eigenvalue weighted by Crippen LogP contribution is 2.31. The van der Waals surface area contributed by atoms with Crippen LogP contribution in [0.15, 0.2) is 18.2 Å². The summed E-state index contributed by atoms with van der Waals surface area (Å²) in [5, 5.41) is 14.6. The second kappa shape index (κ2) is 5.53. The van der Waals surface area contributed by atoms with Crippen LogP contribution in [0.3, 0.4) is 0 Å². The SMILES string of the molecule is O=C1COc2cc(C(=O)NC3(C(=O)O)CCSC3)ccc2N1. The van der Waals surface area contributed by atoms with Crippen molar-refractivity contribution in [2.24, 2.45) is 0 Å². The van der Waals surface area contributed by atoms with E-state index >= 15 is 0 Å². The van der Waals surface area contributed by atoms with E-state index in [4.69, 9.17) is 4.74 Å². The number of carbonyl (C=O) groups is 3. The van der Waals surface area contributed by atoms with Gasteiger partial charge in [-0.1, -0.05) is 0 Å². The summed E-state index contributed by atoms with van der Waals surface area (Å²) in [4.78, 5) is 35.0. The van der Waals surface area contributed by atoms with E-state index in [1.807, 2.05) is 0 Å². The lowest BCUT2D eigenvalue weighted by atomic mass is 9.98. The van der Waals surface area contributed by atoms with E-state index in [9.17, 15) is 19.5 Å². The third-order valence-electron chi connectivity index (χ3n) is 3.66. The number of aliphatic carboxylic acids is 1. The van der Waals surface area contributed by atoms with E-state index in [1.54, 1.807) is 6.07 Å². The molecule has 8 heteroatoms. The van der Waals surface area contributed by atoms with Crippen LogP contribution in [0, 0.1) is 0 Å². The second-order valence-electron chi connectivity index (χ2n) is 5.19. The van der Waals surface area contributed by atoms with Crippen LogP contribution in [-0.4, -0.2) is 46.5 Å². The van der Waals surface area contributed by atoms with Gasteiger partial charge in [0.25, 0.3) is 11.8 Å². The van der Waals surface area contributed by atoms with Gasteiger partial charge in [-0.3, -0.25) is 9.59 Å². The molecule has 0 aliphatic carbocycles. The van der Waals surface area contributed by atoms with Crippen molar-refractivity contribution in [1.29, 1.82) is 0 Å². The highest BCUT2D eigenvalue weighted by Gasteiger charge is 2.43. The molecule has 2 amide bonds. The Kier molecular flexibility index (Phi) is 3.69. The number of thioether (sulfide) groups is 1. The molecule has 2 aliphatic rings. The molecule has 0 bridgehead atoms. The normalized spacial score (nSPS) is 23.2. The maximum atomic E-state index is 12.3. The van der Waals surface area contributed by atoms with Crippen LogP contribution < -0.4 is 15.4 Å². The first-order valence-corrected chi connectivity index (χ1v) is 7.86. The van der Waals surface area contributed by atoms with Crippen molar-refractivity contribution < 1.29 is 24.2 Å². The molecule has 1 fully saturated rings. The number of anilines is 1. The third-order valence-corrected chi connectivity index (χ3v) is 4.85. The fraction of sp³-hybridized carbons (Fsp3) is 0.357. The van der Waals surface area contributed by atoms with Crippen LogP contribution in [0.5, 0.6) is 5.75 Å². The van der Waals surface area contributed by atoms with Crippen LogP contribution >= 0.6 is 11.8 Å². The van der Waals surface area contributed by atoms with Crippen molar-refractivity contribution in [3.63, 3.8) is 0 Å². The highest BCUT2D eigenvalue weighted by atomic mass is 32.2. The lowest BCUT2D eigenvalue weighted by molar-refractivity contribution is -0.143. The monoisotopic (exact) mass is 322 g/mol. The Morgan fingerprint density at radius 1 is 1.41 bits per heavy atom. The van der Waals surface area contributed by atoms with E-state index in [0.29, 0.717) is 34.9 Å². The van der Waals surface area contributed by atoms with Gasteiger partial charge in [-0.05, 0) is 30.4 Å². The van der Waals surface area contributed by atoms with Crippen LogP contribution in [0.1, 0.15) is 16.8 Å². The molecule has 3 N–H and O–H groups in total. The summed E-state index contributed by atoms with van der Waals surface area (Å²) in [6.07, 6.45) is 0.399. The molecular formula is C14H14N2O5S. The van der Waals surface area contributed by atoms with Gasteiger partial charge < -0.3 is 20.5 Å². The van der Waals surface area contributed by atoms with Crippen molar-refractivity contribution in [3.05, 3.63) is 23.8 Å². The van der Waals surface area contributed by atoms with Crippen molar-refractivity contribution in [2.75, 3.05) is 23.4 Å². The third kappa shape index (κ3) is 2.61. The predicted molar refractivity (Wildman–Crippen MR) is 80.3 cm³/mol. The maximum absolute atomic E-state index is 12.3. The molecule has 2 aliphatic heterocycles. The molecule has 116 valence electrons. The lowest BCUT2D eigenvalue weighted by Crippen LogP contribution is -2.54. The summed E-state index contributed by atoms with van der Waals surface area (Å²) >= 11 is 1.50. The van der Waals surface area contributed by atoms with Gasteiger partial charge in [0.1, 0.15) is 11.3 Å². The highest BCUT2D eigenvalue weighted by molar-refractivity contribution is 7.99. The van der Waals surface area contributed by atoms with E-state index in [1.165, 1.54) is 23.9 Å². The van der Waals surface area contributed by atoms with Gasteiger partial charge >= 0.3 is 5.97 Å². The molecule has 0 saturated carbocycles. The molecule has 7 nitrogen and oxygen atoms in total. The molecule has 1 aromatic carbocycles. The fourth-order valence-electron chi connectivity index (χ4n) is 2.39. The van der Waals surface area contributed by atoms with Crippen LogP contribution in [0.2, 0.25) is 0 Å². The molecule has 0 aromatic heterocycles. The Balaban J connectivity index is 1.81. The number of carboxylic acids is 1. The molecule has 1 saturated heterocycles. The summed E-state index contributed by atoms with van der Waals surface area (Å²) in [5.74, 6) is -0.284. The Labute approximate surface area is 130 Å². The van der Waals surface area contributed by atoms with E-state index in [-0.39, 0.29) is 12.5 Å². The minimum Gasteiger partial charge on any atom is -0.482 e. The number of ether oxygens (including phenoxy) is 1. The number of nitrogens with one attached hydrogen (secondary N) is 2. The number of hydrogen-bond donors (Lipinski definition) is 3. The van der Waals surface area contributed by atoms with Crippen LogP contribution in [-0.2, 0) is 9.59 Å². The van der Waals surface area contributed by atoms with Crippen molar-refractivity contribution in [1.82, 2.24) is 5.32 Å². The number of hydrogen-bond acceptors (Lipinski definition) is 5. The molecule has 2 heterocycles. The average molecular weight is 322 g/mol. The van der Waals surface area contributed by atoms with Crippen LogP contribution in [0.4, 0.5) is 5.69 Å². The van der Waals surface area contributed by atoms with E-state index in [0.717, 1.165) is 0 Å². The minimum atomic E-state index is -1.22. The predicted octanol–water partition coefficient (Wildman–Crippen LogP) is 0.708. The summed E-state index contributed by atoms with van der Waals surface area (Å²) in [6.45, 7) is -0.103. The molecule has 0 spiro atoms. The largest absolute Gasteiger partial charge is 0.482 e. The topological polar surface area (TPSA) is 105 Å². The summed E-state index contributed by atoms with van der Waals surface area (Å²) in [6, 6.07) is 4.60. The summed E-state index contributed by atoms with van der Waals surface area (Å²) in [5.41, 5.74) is -0.420. The van der Waals surface area contributed by atoms with Gasteiger partial charge in [-0.25, -0.2) is 4.79 Å². The minimum absolute atomic E-state index is 0.103. The zero-order valence-electron chi connectivity index (χ0n) is 11.5. The molecule has 1 atom stereocenters. The zero-order chi connectivity index (χ0) is 15.7. The number of rotatable bonds is 3. The molecule has 3 rings (SSSR count). The maximum Gasteiger partial charge on any atom is 0.330 e. The first-order valence-electron chi connectivity index (χ1n) is 6.70. The quantitative estimate of drug-likeness (QED) is 0.757. The standard InChI is InChI=1S/C14H14N2O5S/c17-11-6-21-10-5-8(1-2-9(10)15-11)12(18)16-14(13(19)20)3-4-22-7-14/h1-2,5H,3-4,6-7H2,(H,15,17)(H,16,18)(H,19,20). The van der Waals surface area contributed by atoms with Gasteiger partial charge in [0.2, 0.25) is 0 Å². The van der Waals surface area contributed by atoms with Gasteiger partial charge in [-0.2, -0.15) is 11.8 Å². The molecule has 0 radical (unpaired) electrons. The molecular weight excluding hydrogens is 308 g/mol. The van der Waals surface area contributed by atoms with Gasteiger partial charge in [0, 0.05) is 11.3 Å². The molecule has 22 heavy (non-hydrogen) atoms. The van der Waals surface area contributed by atoms with Crippen molar-refractivity contribution >= 4 is 35.2 Å². The van der Waals surface area contributed by atoms with Gasteiger partial charge in [-0.15, -0.1) is 0 Å². The van der Waals surface area contributed by atoms with Crippen molar-refractivity contribution in [2.45, 2.75) is 12.0 Å². The number of carbonyl (C=O) groups excluding carboxylic acids is 2. The van der Waals surface area contributed by atoms with Crippen molar-refractivity contribution in [3.8, 4) is 5.75 Å². The Bertz CT molecular complexity index is 655. The molecule has 1 unspecified atom stereocenters. The summed E-state index contributed by atoms with van der Waals surface area (Å²) < 4.78 is 5.26. The van der Waals surface area contributed by atoms with E-state index in [2.05, 4.69) is 10.6 Å². The van der Waals surface area contributed by atoms with E-state index < -0.39 is 17.4 Å². The second-order valence-corrected chi connectivity index (χ2v) is 6.30. The first-order chi connectivity index (χ1) is 10.5. The Morgan fingerprint density at radius 2 is 2.23 bits per heavy atom. The first kappa shape index (κ1) is 14.7. The van der Waals surface area contributed by atoms with Crippen LogP contribution in [0.25, 0.3) is 0 Å². The lowest BCUT2D eigenvalue weighted by Gasteiger charge is -2.25. The number of carboxylic acid groups (broad SMARTS) is 1. The average Bonchev–Trinajstić information content (AvgIpc) is 2.96. The number of amides is 2. The number of benzene rings is 1. The Hall–Kier alpha value is -2.22. The molecule has 1 aromatic rings. The van der Waals surface area contributed by atoms with Gasteiger partial charge in [0.05, 0.1) is 5.69 Å². The fourth-order valence-corrected chi connectivity index (χ4v) is 3.72. The van der Waals surface area contributed by atoms with Gasteiger partial charge in [0.15, 0.2) is 6.61 Å². The smallest absolute Gasteiger partial charge is 0.330 e. The summed E-state index contributed by atoms with van der Waals surface area (Å²) in [7, 11) is 0. The Morgan fingerprint density at radius 3 is 2.91 bits per heavy atom. The zero-order valence-corrected chi connectivity index (χ0v) is 12.4.